The van der Waals surface area contributed by atoms with Crippen LogP contribution in [0.2, 0.25) is 0 Å². The van der Waals surface area contributed by atoms with E-state index >= 15 is 0 Å². The van der Waals surface area contributed by atoms with Crippen molar-refractivity contribution in [1.82, 2.24) is 5.32 Å². The number of halogens is 3. The first-order valence-corrected chi connectivity index (χ1v) is 2.91. The standard InChI is InChI=1S/C5H8F3NO3/c1-11-3-9-4(10)12-5(7,8)2-6/h2-3H2,1H3,(H,9,10). The van der Waals surface area contributed by atoms with Crippen LogP contribution in [-0.4, -0.2) is 32.7 Å². The summed E-state index contributed by atoms with van der Waals surface area (Å²) in [6.07, 6.45) is -5.50. The maximum atomic E-state index is 11.9. The van der Waals surface area contributed by atoms with Crippen LogP contribution in [0.4, 0.5) is 18.0 Å². The van der Waals surface area contributed by atoms with Gasteiger partial charge in [-0.3, -0.25) is 5.32 Å². The fourth-order valence-corrected chi connectivity index (χ4v) is 0.330. The van der Waals surface area contributed by atoms with Gasteiger partial charge in [0.1, 0.15) is 6.73 Å². The molecular formula is C5H8F3NO3. The van der Waals surface area contributed by atoms with Crippen LogP contribution >= 0.6 is 0 Å². The minimum Gasteiger partial charge on any atom is -0.382 e. The first-order chi connectivity index (χ1) is 5.52. The lowest BCUT2D eigenvalue weighted by molar-refractivity contribution is -0.207. The molecule has 0 aromatic heterocycles. The molecule has 0 heterocycles. The number of hydrogen-bond donors (Lipinski definition) is 1. The second kappa shape index (κ2) is 4.81. The van der Waals surface area contributed by atoms with Crippen molar-refractivity contribution >= 4 is 6.09 Å². The summed E-state index contributed by atoms with van der Waals surface area (Å²) in [5.41, 5.74) is 0. The predicted octanol–water partition coefficient (Wildman–Crippen LogP) is 0.879. The molecule has 0 atom stereocenters. The maximum Gasteiger partial charge on any atom is 0.430 e. The number of methoxy groups -OCH3 is 1. The Labute approximate surface area is 66.6 Å². The van der Waals surface area contributed by atoms with Crippen molar-refractivity contribution < 1.29 is 27.4 Å². The van der Waals surface area contributed by atoms with Crippen molar-refractivity contribution in [2.45, 2.75) is 6.11 Å². The molecule has 0 fully saturated rings. The number of alkyl halides is 3. The van der Waals surface area contributed by atoms with E-state index in [0.717, 1.165) is 0 Å². The number of amides is 1. The van der Waals surface area contributed by atoms with Gasteiger partial charge in [0.15, 0.2) is 6.67 Å². The third-order valence-electron chi connectivity index (χ3n) is 0.758. The Morgan fingerprint density at radius 2 is 2.17 bits per heavy atom. The third kappa shape index (κ3) is 4.78. The molecule has 72 valence electrons. The predicted molar refractivity (Wildman–Crippen MR) is 32.4 cm³/mol. The Balaban J connectivity index is 3.68. The molecule has 4 nitrogen and oxygen atoms in total. The Hall–Kier alpha value is -0.980. The monoisotopic (exact) mass is 187 g/mol. The molecule has 0 saturated carbocycles. The van der Waals surface area contributed by atoms with Crippen molar-refractivity contribution in [3.05, 3.63) is 0 Å². The van der Waals surface area contributed by atoms with Crippen molar-refractivity contribution in [1.29, 1.82) is 0 Å². The number of carbonyl (C=O) groups excluding carboxylic acids is 1. The van der Waals surface area contributed by atoms with Crippen molar-refractivity contribution in [2.75, 3.05) is 20.5 Å². The van der Waals surface area contributed by atoms with E-state index < -0.39 is 18.9 Å². The molecule has 1 N–H and O–H groups in total. The van der Waals surface area contributed by atoms with Crippen LogP contribution in [0.3, 0.4) is 0 Å². The Morgan fingerprint density at radius 1 is 1.58 bits per heavy atom. The molecule has 7 heteroatoms. The molecular weight excluding hydrogens is 179 g/mol. The SMILES string of the molecule is COCNC(=O)OC(F)(F)CF. The van der Waals surface area contributed by atoms with Crippen LogP contribution in [0.25, 0.3) is 0 Å². The van der Waals surface area contributed by atoms with Gasteiger partial charge >= 0.3 is 12.2 Å². The van der Waals surface area contributed by atoms with Gasteiger partial charge in [0.05, 0.1) is 0 Å². The molecule has 1 amide bonds. The van der Waals surface area contributed by atoms with E-state index in [-0.39, 0.29) is 6.73 Å². The molecule has 0 aliphatic rings. The van der Waals surface area contributed by atoms with E-state index in [1.165, 1.54) is 7.11 Å². The van der Waals surface area contributed by atoms with Gasteiger partial charge in [0, 0.05) is 7.11 Å². The van der Waals surface area contributed by atoms with E-state index in [0.29, 0.717) is 0 Å². The largest absolute Gasteiger partial charge is 0.430 e. The van der Waals surface area contributed by atoms with Crippen LogP contribution in [0.5, 0.6) is 0 Å². The van der Waals surface area contributed by atoms with Crippen LogP contribution in [0.15, 0.2) is 0 Å². The van der Waals surface area contributed by atoms with E-state index in [9.17, 15) is 18.0 Å². The third-order valence-corrected chi connectivity index (χ3v) is 0.758. The van der Waals surface area contributed by atoms with Crippen LogP contribution in [0, 0.1) is 0 Å². The molecule has 0 radical (unpaired) electrons. The second-order valence-electron chi connectivity index (χ2n) is 1.77. The van der Waals surface area contributed by atoms with Crippen molar-refractivity contribution in [3.8, 4) is 0 Å². The number of alkyl carbamates (subject to hydrolysis) is 1. The smallest absolute Gasteiger partial charge is 0.382 e. The zero-order valence-electron chi connectivity index (χ0n) is 6.27. The summed E-state index contributed by atoms with van der Waals surface area (Å²) in [6.45, 7) is -2.32. The molecule has 0 rings (SSSR count). The quantitative estimate of drug-likeness (QED) is 0.664. The fourth-order valence-electron chi connectivity index (χ4n) is 0.330. The highest BCUT2D eigenvalue weighted by atomic mass is 19.3. The summed E-state index contributed by atoms with van der Waals surface area (Å²) in [5, 5.41) is 1.79. The van der Waals surface area contributed by atoms with Gasteiger partial charge < -0.3 is 9.47 Å². The molecule has 0 unspecified atom stereocenters. The average molecular weight is 187 g/mol. The highest BCUT2D eigenvalue weighted by molar-refractivity contribution is 5.67. The van der Waals surface area contributed by atoms with E-state index in [1.807, 2.05) is 0 Å². The minimum absolute atomic E-state index is 0.277. The lowest BCUT2D eigenvalue weighted by Crippen LogP contribution is -2.35. The van der Waals surface area contributed by atoms with Gasteiger partial charge in [0.2, 0.25) is 0 Å². The normalized spacial score (nSPS) is 11.0. The van der Waals surface area contributed by atoms with Gasteiger partial charge in [-0.15, -0.1) is 0 Å². The molecule has 0 aliphatic heterocycles. The first kappa shape index (κ1) is 11.0. The summed E-state index contributed by atoms with van der Waals surface area (Å²) in [6, 6.07) is 0. The van der Waals surface area contributed by atoms with Gasteiger partial charge in [-0.2, -0.15) is 8.78 Å². The minimum atomic E-state index is -4.07. The van der Waals surface area contributed by atoms with Crippen LogP contribution in [0.1, 0.15) is 0 Å². The van der Waals surface area contributed by atoms with Gasteiger partial charge in [-0.25, -0.2) is 9.18 Å². The van der Waals surface area contributed by atoms with Crippen LogP contribution < -0.4 is 5.32 Å². The molecule has 12 heavy (non-hydrogen) atoms. The average Bonchev–Trinajstić information content (AvgIpc) is 2.00. The second-order valence-corrected chi connectivity index (χ2v) is 1.77. The summed E-state index contributed by atoms with van der Waals surface area (Å²) in [7, 11) is 1.24. The molecule has 0 spiro atoms. The van der Waals surface area contributed by atoms with Gasteiger partial charge in [-0.1, -0.05) is 0 Å². The van der Waals surface area contributed by atoms with Gasteiger partial charge in [0.25, 0.3) is 0 Å². The fraction of sp³-hybridized carbons (Fsp3) is 0.800. The summed E-state index contributed by atoms with van der Waals surface area (Å²) in [5.74, 6) is 0. The summed E-state index contributed by atoms with van der Waals surface area (Å²) in [4.78, 5) is 10.3. The molecule has 0 aromatic rings. The van der Waals surface area contributed by atoms with E-state index in [2.05, 4.69) is 9.47 Å². The number of nitrogens with one attached hydrogen (secondary N) is 1. The van der Waals surface area contributed by atoms with Crippen molar-refractivity contribution in [3.63, 3.8) is 0 Å². The highest BCUT2D eigenvalue weighted by Gasteiger charge is 2.33. The molecule has 0 aromatic carbocycles. The Kier molecular flexibility index (Phi) is 4.42. The zero-order chi connectivity index (χ0) is 9.61. The molecule has 0 bridgehead atoms. The topological polar surface area (TPSA) is 47.6 Å². The lowest BCUT2D eigenvalue weighted by atomic mass is 10.7. The maximum absolute atomic E-state index is 11.9. The lowest BCUT2D eigenvalue weighted by Gasteiger charge is -2.12. The summed E-state index contributed by atoms with van der Waals surface area (Å²) >= 11 is 0. The number of hydrogen-bond acceptors (Lipinski definition) is 3. The van der Waals surface area contributed by atoms with Crippen LogP contribution in [-0.2, 0) is 9.47 Å². The number of carbonyl (C=O) groups is 1. The highest BCUT2D eigenvalue weighted by Crippen LogP contribution is 2.15. The Bertz CT molecular complexity index is 153. The Morgan fingerprint density at radius 3 is 2.58 bits per heavy atom. The number of ether oxygens (including phenoxy) is 2. The molecule has 0 saturated heterocycles. The van der Waals surface area contributed by atoms with Crippen molar-refractivity contribution in [2.24, 2.45) is 0 Å². The summed E-state index contributed by atoms with van der Waals surface area (Å²) < 4.78 is 42.9. The van der Waals surface area contributed by atoms with E-state index in [1.54, 1.807) is 5.32 Å². The first-order valence-electron chi connectivity index (χ1n) is 2.91. The number of rotatable bonds is 4. The molecule has 0 aliphatic carbocycles. The van der Waals surface area contributed by atoms with E-state index in [4.69, 9.17) is 0 Å². The van der Waals surface area contributed by atoms with Gasteiger partial charge in [-0.05, 0) is 0 Å². The zero-order valence-corrected chi connectivity index (χ0v) is 6.27.